The molecule has 4 heteroatoms. The highest BCUT2D eigenvalue weighted by Gasteiger charge is 2.00. The molecule has 0 atom stereocenters. The lowest BCUT2D eigenvalue weighted by Crippen LogP contribution is -1.87. The highest BCUT2D eigenvalue weighted by molar-refractivity contribution is 9.10. The number of hydrogen-bond donors (Lipinski definition) is 0. The summed E-state index contributed by atoms with van der Waals surface area (Å²) >= 11 is 3.13. The predicted octanol–water partition coefficient (Wildman–Crippen LogP) is 1.72. The third-order valence-corrected chi connectivity index (χ3v) is 1.80. The number of nitriles is 1. The summed E-state index contributed by atoms with van der Waals surface area (Å²) in [5.41, 5.74) is 0.476. The Balaban J connectivity index is 3.15. The van der Waals surface area contributed by atoms with Gasteiger partial charge in [-0.05, 0) is 15.9 Å². The summed E-state index contributed by atoms with van der Waals surface area (Å²) in [5, 5.41) is 8.56. The van der Waals surface area contributed by atoms with Gasteiger partial charge in [-0.1, -0.05) is 0 Å². The maximum Gasteiger partial charge on any atom is 0.138 e. The van der Waals surface area contributed by atoms with Crippen LogP contribution in [0.25, 0.3) is 0 Å². The third kappa shape index (κ3) is 1.69. The lowest BCUT2D eigenvalue weighted by atomic mass is 10.3. The van der Waals surface area contributed by atoms with Crippen LogP contribution in [0.4, 0.5) is 0 Å². The van der Waals surface area contributed by atoms with Crippen molar-refractivity contribution in [1.29, 1.82) is 5.26 Å². The van der Waals surface area contributed by atoms with Gasteiger partial charge in [0.25, 0.3) is 0 Å². The number of aromatic nitrogens is 1. The van der Waals surface area contributed by atoms with Crippen molar-refractivity contribution < 1.29 is 4.74 Å². The maximum atomic E-state index is 8.56. The van der Waals surface area contributed by atoms with Crippen molar-refractivity contribution in [3.63, 3.8) is 0 Å². The standard InChI is InChI=1S/C7H5BrN2O/c1-11-6-2-5(3-9)7(8)10-4-6/h2,4H,1H3. The van der Waals surface area contributed by atoms with E-state index in [1.807, 2.05) is 6.07 Å². The molecule has 3 nitrogen and oxygen atoms in total. The van der Waals surface area contributed by atoms with Crippen molar-refractivity contribution in [3.05, 3.63) is 22.4 Å². The van der Waals surface area contributed by atoms with E-state index in [2.05, 4.69) is 20.9 Å². The molecule has 1 heterocycles. The van der Waals surface area contributed by atoms with Gasteiger partial charge in [-0.3, -0.25) is 0 Å². The van der Waals surface area contributed by atoms with Crippen LogP contribution >= 0.6 is 15.9 Å². The van der Waals surface area contributed by atoms with Crippen molar-refractivity contribution in [1.82, 2.24) is 4.98 Å². The van der Waals surface area contributed by atoms with Gasteiger partial charge in [-0.2, -0.15) is 5.26 Å². The lowest BCUT2D eigenvalue weighted by molar-refractivity contribution is 0.412. The molecular formula is C7H5BrN2O. The van der Waals surface area contributed by atoms with Crippen LogP contribution in [0, 0.1) is 11.3 Å². The van der Waals surface area contributed by atoms with Gasteiger partial charge in [0.05, 0.1) is 18.9 Å². The molecule has 0 bridgehead atoms. The van der Waals surface area contributed by atoms with Crippen molar-refractivity contribution in [3.8, 4) is 11.8 Å². The molecule has 0 aliphatic carbocycles. The van der Waals surface area contributed by atoms with Crippen LogP contribution < -0.4 is 4.74 Å². The van der Waals surface area contributed by atoms with E-state index >= 15 is 0 Å². The van der Waals surface area contributed by atoms with E-state index in [9.17, 15) is 0 Å². The zero-order valence-electron chi connectivity index (χ0n) is 5.84. The Kier molecular flexibility index (Phi) is 2.44. The number of ether oxygens (including phenoxy) is 1. The van der Waals surface area contributed by atoms with E-state index in [0.29, 0.717) is 15.9 Å². The minimum Gasteiger partial charge on any atom is -0.495 e. The van der Waals surface area contributed by atoms with Crippen LogP contribution in [0.2, 0.25) is 0 Å². The molecule has 56 valence electrons. The quantitative estimate of drug-likeness (QED) is 0.667. The van der Waals surface area contributed by atoms with E-state index in [-0.39, 0.29) is 0 Å². The highest BCUT2D eigenvalue weighted by atomic mass is 79.9. The SMILES string of the molecule is COc1cnc(Br)c(C#N)c1. The first kappa shape index (κ1) is 8.02. The Morgan fingerprint density at radius 1 is 1.73 bits per heavy atom. The number of nitrogens with zero attached hydrogens (tertiary/aromatic N) is 2. The highest BCUT2D eigenvalue weighted by Crippen LogP contribution is 2.17. The Labute approximate surface area is 72.8 Å². The fourth-order valence-corrected chi connectivity index (χ4v) is 0.924. The second-order valence-electron chi connectivity index (χ2n) is 1.83. The van der Waals surface area contributed by atoms with Gasteiger partial charge in [0.2, 0.25) is 0 Å². The maximum absolute atomic E-state index is 8.56. The summed E-state index contributed by atoms with van der Waals surface area (Å²) < 4.78 is 5.42. The fourth-order valence-electron chi connectivity index (χ4n) is 0.619. The molecular weight excluding hydrogens is 208 g/mol. The zero-order valence-corrected chi connectivity index (χ0v) is 7.42. The van der Waals surface area contributed by atoms with Crippen LogP contribution in [0.1, 0.15) is 5.56 Å². The molecule has 0 amide bonds. The van der Waals surface area contributed by atoms with Crippen molar-refractivity contribution in [2.45, 2.75) is 0 Å². The Hall–Kier alpha value is -1.08. The second kappa shape index (κ2) is 3.35. The lowest BCUT2D eigenvalue weighted by Gasteiger charge is -1.98. The average Bonchev–Trinajstić information content (AvgIpc) is 2.05. The van der Waals surface area contributed by atoms with E-state index in [4.69, 9.17) is 10.00 Å². The number of rotatable bonds is 1. The summed E-state index contributed by atoms with van der Waals surface area (Å²) in [6, 6.07) is 3.60. The summed E-state index contributed by atoms with van der Waals surface area (Å²) in [5.74, 6) is 0.588. The molecule has 0 aliphatic heterocycles. The van der Waals surface area contributed by atoms with E-state index in [1.54, 1.807) is 12.3 Å². The van der Waals surface area contributed by atoms with Crippen molar-refractivity contribution in [2.75, 3.05) is 7.11 Å². The van der Waals surface area contributed by atoms with Gasteiger partial charge in [0, 0.05) is 6.07 Å². The van der Waals surface area contributed by atoms with Crippen LogP contribution in [-0.2, 0) is 0 Å². The molecule has 0 spiro atoms. The van der Waals surface area contributed by atoms with E-state index in [0.717, 1.165) is 0 Å². The Bertz CT molecular complexity index is 306. The zero-order chi connectivity index (χ0) is 8.27. The summed E-state index contributed by atoms with van der Waals surface area (Å²) in [6.07, 6.45) is 1.55. The molecule has 0 aromatic carbocycles. The molecule has 0 aliphatic rings. The van der Waals surface area contributed by atoms with Gasteiger partial charge in [-0.15, -0.1) is 0 Å². The van der Waals surface area contributed by atoms with Crippen molar-refractivity contribution in [2.24, 2.45) is 0 Å². The Morgan fingerprint density at radius 3 is 3.00 bits per heavy atom. The fraction of sp³-hybridized carbons (Fsp3) is 0.143. The molecule has 1 aromatic rings. The average molecular weight is 213 g/mol. The monoisotopic (exact) mass is 212 g/mol. The Morgan fingerprint density at radius 2 is 2.45 bits per heavy atom. The van der Waals surface area contributed by atoms with E-state index in [1.165, 1.54) is 7.11 Å². The molecule has 0 radical (unpaired) electrons. The molecule has 1 aromatic heterocycles. The molecule has 0 unspecified atom stereocenters. The van der Waals surface area contributed by atoms with Gasteiger partial charge < -0.3 is 4.74 Å². The van der Waals surface area contributed by atoms with Gasteiger partial charge in [0.15, 0.2) is 0 Å². The largest absolute Gasteiger partial charge is 0.495 e. The summed E-state index contributed by atoms with van der Waals surface area (Å²) in [7, 11) is 1.53. The molecule has 1 rings (SSSR count). The van der Waals surface area contributed by atoms with Gasteiger partial charge >= 0.3 is 0 Å². The predicted molar refractivity (Wildman–Crippen MR) is 43.2 cm³/mol. The molecule has 0 saturated heterocycles. The normalized spacial score (nSPS) is 8.82. The number of methoxy groups -OCH3 is 1. The van der Waals surface area contributed by atoms with Crippen LogP contribution in [0.3, 0.4) is 0 Å². The van der Waals surface area contributed by atoms with Crippen LogP contribution in [-0.4, -0.2) is 12.1 Å². The smallest absolute Gasteiger partial charge is 0.138 e. The topological polar surface area (TPSA) is 45.9 Å². The van der Waals surface area contributed by atoms with Crippen molar-refractivity contribution >= 4 is 15.9 Å². The summed E-state index contributed by atoms with van der Waals surface area (Å²) in [4.78, 5) is 3.89. The van der Waals surface area contributed by atoms with Gasteiger partial charge in [0.1, 0.15) is 16.4 Å². The molecule has 11 heavy (non-hydrogen) atoms. The minimum absolute atomic E-state index is 0.476. The number of halogens is 1. The number of hydrogen-bond acceptors (Lipinski definition) is 3. The minimum atomic E-state index is 0.476. The first-order valence-corrected chi connectivity index (χ1v) is 3.67. The van der Waals surface area contributed by atoms with Gasteiger partial charge in [-0.25, -0.2) is 4.98 Å². The molecule has 0 fully saturated rings. The van der Waals surface area contributed by atoms with E-state index < -0.39 is 0 Å². The van der Waals surface area contributed by atoms with Crippen LogP contribution in [0.5, 0.6) is 5.75 Å². The summed E-state index contributed by atoms with van der Waals surface area (Å²) in [6.45, 7) is 0. The molecule has 0 N–H and O–H groups in total. The first-order valence-electron chi connectivity index (χ1n) is 2.87. The first-order chi connectivity index (χ1) is 5.27. The van der Waals surface area contributed by atoms with Crippen LogP contribution in [0.15, 0.2) is 16.9 Å². The third-order valence-electron chi connectivity index (χ3n) is 1.17. The number of pyridine rings is 1. The molecule has 0 saturated carbocycles. The second-order valence-corrected chi connectivity index (χ2v) is 2.58.